The summed E-state index contributed by atoms with van der Waals surface area (Å²) in [6.45, 7) is 10.2. The number of hydrogen-bond donors (Lipinski definition) is 2. The van der Waals surface area contributed by atoms with Crippen molar-refractivity contribution in [3.63, 3.8) is 0 Å². The number of nitrogens with zero attached hydrogens (tertiary/aromatic N) is 2. The van der Waals surface area contributed by atoms with Gasteiger partial charge in [-0.2, -0.15) is 0 Å². The quantitative estimate of drug-likeness (QED) is 0.644. The minimum atomic E-state index is -0.327. The van der Waals surface area contributed by atoms with Crippen LogP contribution in [0.2, 0.25) is 0 Å². The number of carbonyl (C=O) groups is 2. The summed E-state index contributed by atoms with van der Waals surface area (Å²) in [6, 6.07) is 15.5. The standard InChI is InChI=1S/C25H36N4O2/c1-8-23(30)29(18(2)19-12-10-9-11-13-19)17-20-16-21(14-15-22(20)28(6)7)26-24(31)27-25(3,4)5/h9-16,18H,8,17H2,1-7H3,(H2,26,27,31). The number of benzene rings is 2. The molecule has 3 amide bonds. The first-order chi connectivity index (χ1) is 14.5. The van der Waals surface area contributed by atoms with E-state index in [4.69, 9.17) is 0 Å². The highest BCUT2D eigenvalue weighted by molar-refractivity contribution is 5.90. The Morgan fingerprint density at radius 2 is 1.68 bits per heavy atom. The Morgan fingerprint density at radius 1 is 1.03 bits per heavy atom. The van der Waals surface area contributed by atoms with Gasteiger partial charge in [0.15, 0.2) is 0 Å². The van der Waals surface area contributed by atoms with Crippen LogP contribution in [0.1, 0.15) is 58.2 Å². The number of nitrogens with one attached hydrogen (secondary N) is 2. The van der Waals surface area contributed by atoms with Gasteiger partial charge in [-0.15, -0.1) is 0 Å². The molecule has 1 atom stereocenters. The fourth-order valence-electron chi connectivity index (χ4n) is 3.47. The van der Waals surface area contributed by atoms with E-state index in [1.54, 1.807) is 0 Å². The Kier molecular flexibility index (Phi) is 8.08. The van der Waals surface area contributed by atoms with Crippen LogP contribution in [-0.2, 0) is 11.3 Å². The number of urea groups is 1. The van der Waals surface area contributed by atoms with Crippen LogP contribution in [0.15, 0.2) is 48.5 Å². The smallest absolute Gasteiger partial charge is 0.319 e. The van der Waals surface area contributed by atoms with Crippen LogP contribution in [0.4, 0.5) is 16.2 Å². The topological polar surface area (TPSA) is 64.7 Å². The monoisotopic (exact) mass is 424 g/mol. The lowest BCUT2D eigenvalue weighted by Crippen LogP contribution is -2.43. The van der Waals surface area contributed by atoms with Crippen molar-refractivity contribution in [1.29, 1.82) is 0 Å². The molecule has 0 heterocycles. The van der Waals surface area contributed by atoms with E-state index in [1.807, 2.05) is 100 Å². The largest absolute Gasteiger partial charge is 0.377 e. The van der Waals surface area contributed by atoms with Gasteiger partial charge < -0.3 is 20.4 Å². The summed E-state index contributed by atoms with van der Waals surface area (Å²) in [5.41, 5.74) is 3.44. The molecular formula is C25H36N4O2. The lowest BCUT2D eigenvalue weighted by atomic mass is 10.0. The van der Waals surface area contributed by atoms with Gasteiger partial charge >= 0.3 is 6.03 Å². The Morgan fingerprint density at radius 3 is 2.23 bits per heavy atom. The summed E-state index contributed by atoms with van der Waals surface area (Å²) in [7, 11) is 3.95. The first-order valence-electron chi connectivity index (χ1n) is 10.8. The van der Waals surface area contributed by atoms with Crippen LogP contribution in [0, 0.1) is 0 Å². The highest BCUT2D eigenvalue weighted by Crippen LogP contribution is 2.29. The molecule has 0 radical (unpaired) electrons. The summed E-state index contributed by atoms with van der Waals surface area (Å²) >= 11 is 0. The van der Waals surface area contributed by atoms with Gasteiger partial charge in [-0.1, -0.05) is 37.3 Å². The number of rotatable bonds is 7. The van der Waals surface area contributed by atoms with Gasteiger partial charge in [0.2, 0.25) is 5.91 Å². The predicted molar refractivity (Wildman–Crippen MR) is 128 cm³/mol. The van der Waals surface area contributed by atoms with Gasteiger partial charge in [0.05, 0.1) is 6.04 Å². The maximum Gasteiger partial charge on any atom is 0.319 e. The van der Waals surface area contributed by atoms with Crippen LogP contribution >= 0.6 is 0 Å². The number of amides is 3. The molecule has 0 aliphatic carbocycles. The second-order valence-electron chi connectivity index (χ2n) is 9.03. The van der Waals surface area contributed by atoms with Crippen molar-refractivity contribution in [3.05, 3.63) is 59.7 Å². The lowest BCUT2D eigenvalue weighted by Gasteiger charge is -2.31. The van der Waals surface area contributed by atoms with E-state index >= 15 is 0 Å². The Bertz CT molecular complexity index is 888. The second-order valence-corrected chi connectivity index (χ2v) is 9.03. The van der Waals surface area contributed by atoms with Crippen LogP contribution in [0.25, 0.3) is 0 Å². The van der Waals surface area contributed by atoms with Crippen LogP contribution in [0.5, 0.6) is 0 Å². The summed E-state index contributed by atoms with van der Waals surface area (Å²) in [5, 5.41) is 5.82. The molecule has 168 valence electrons. The molecule has 2 rings (SSSR count). The van der Waals surface area contributed by atoms with E-state index in [0.29, 0.717) is 18.7 Å². The second kappa shape index (κ2) is 10.3. The first-order valence-corrected chi connectivity index (χ1v) is 10.8. The third-order valence-corrected chi connectivity index (χ3v) is 5.02. The average molecular weight is 425 g/mol. The number of carbonyl (C=O) groups excluding carboxylic acids is 2. The van der Waals surface area contributed by atoms with Crippen molar-refractivity contribution in [2.45, 2.75) is 59.2 Å². The third-order valence-electron chi connectivity index (χ3n) is 5.02. The Labute approximate surface area is 186 Å². The molecule has 6 heteroatoms. The van der Waals surface area contributed by atoms with Gasteiger partial charge in [-0.25, -0.2) is 4.79 Å². The van der Waals surface area contributed by atoms with Crippen molar-refractivity contribution < 1.29 is 9.59 Å². The SMILES string of the molecule is CCC(=O)N(Cc1cc(NC(=O)NC(C)(C)C)ccc1N(C)C)C(C)c1ccccc1. The molecule has 0 saturated carbocycles. The lowest BCUT2D eigenvalue weighted by molar-refractivity contribution is -0.133. The molecular weight excluding hydrogens is 388 g/mol. The third kappa shape index (κ3) is 7.02. The van der Waals surface area contributed by atoms with Crippen LogP contribution in [-0.4, -0.2) is 36.5 Å². The molecule has 2 N–H and O–H groups in total. The highest BCUT2D eigenvalue weighted by Gasteiger charge is 2.22. The van der Waals surface area contributed by atoms with E-state index in [-0.39, 0.29) is 23.5 Å². The van der Waals surface area contributed by atoms with Crippen LogP contribution in [0.3, 0.4) is 0 Å². The molecule has 2 aromatic carbocycles. The van der Waals surface area contributed by atoms with Gasteiger partial charge in [-0.3, -0.25) is 4.79 Å². The molecule has 0 aliphatic heterocycles. The summed E-state index contributed by atoms with van der Waals surface area (Å²) in [4.78, 5) is 29.1. The maximum absolute atomic E-state index is 12.9. The van der Waals surface area contributed by atoms with Crippen molar-refractivity contribution in [3.8, 4) is 0 Å². The Hall–Kier alpha value is -3.02. The normalized spacial score (nSPS) is 12.1. The predicted octanol–water partition coefficient (Wildman–Crippen LogP) is 5.17. The average Bonchev–Trinajstić information content (AvgIpc) is 2.70. The van der Waals surface area contributed by atoms with Crippen molar-refractivity contribution in [2.24, 2.45) is 0 Å². The van der Waals surface area contributed by atoms with Crippen molar-refractivity contribution in [1.82, 2.24) is 10.2 Å². The zero-order valence-electron chi connectivity index (χ0n) is 19.8. The molecule has 0 bridgehead atoms. The summed E-state index contributed by atoms with van der Waals surface area (Å²) < 4.78 is 0. The number of hydrogen-bond acceptors (Lipinski definition) is 3. The molecule has 2 aromatic rings. The molecule has 0 fully saturated rings. The minimum absolute atomic E-state index is 0.0653. The fourth-order valence-corrected chi connectivity index (χ4v) is 3.47. The van der Waals surface area contributed by atoms with Gasteiger partial charge in [0, 0.05) is 44.0 Å². The Balaban J connectivity index is 2.35. The molecule has 0 saturated heterocycles. The highest BCUT2D eigenvalue weighted by atomic mass is 16.2. The first kappa shape index (κ1) is 24.3. The van der Waals surface area contributed by atoms with E-state index in [0.717, 1.165) is 16.8 Å². The van der Waals surface area contributed by atoms with Crippen molar-refractivity contribution in [2.75, 3.05) is 24.3 Å². The zero-order valence-corrected chi connectivity index (χ0v) is 19.8. The molecule has 1 unspecified atom stereocenters. The maximum atomic E-state index is 12.9. The number of anilines is 2. The summed E-state index contributed by atoms with van der Waals surface area (Å²) in [6.07, 6.45) is 0.431. The molecule has 0 aliphatic rings. The molecule has 31 heavy (non-hydrogen) atoms. The summed E-state index contributed by atoms with van der Waals surface area (Å²) in [5.74, 6) is 0.0879. The van der Waals surface area contributed by atoms with Gasteiger partial charge in [-0.05, 0) is 57.0 Å². The molecule has 0 aromatic heterocycles. The van der Waals surface area contributed by atoms with E-state index in [2.05, 4.69) is 17.6 Å². The zero-order chi connectivity index (χ0) is 23.2. The van der Waals surface area contributed by atoms with E-state index in [9.17, 15) is 9.59 Å². The van der Waals surface area contributed by atoms with E-state index in [1.165, 1.54) is 0 Å². The van der Waals surface area contributed by atoms with Gasteiger partial charge in [0.1, 0.15) is 0 Å². The van der Waals surface area contributed by atoms with Crippen molar-refractivity contribution >= 4 is 23.3 Å². The molecule has 6 nitrogen and oxygen atoms in total. The fraction of sp³-hybridized carbons (Fsp3) is 0.440. The van der Waals surface area contributed by atoms with Crippen LogP contribution < -0.4 is 15.5 Å². The molecule has 0 spiro atoms. The van der Waals surface area contributed by atoms with Gasteiger partial charge in [0.25, 0.3) is 0 Å². The van der Waals surface area contributed by atoms with E-state index < -0.39 is 0 Å². The minimum Gasteiger partial charge on any atom is -0.377 e.